The first-order valence-corrected chi connectivity index (χ1v) is 10.1. The van der Waals surface area contributed by atoms with Crippen molar-refractivity contribution in [2.24, 2.45) is 0 Å². The summed E-state index contributed by atoms with van der Waals surface area (Å²) in [7, 11) is 0. The molecular weight excluding hydrogens is 328 g/mol. The van der Waals surface area contributed by atoms with Crippen LogP contribution < -0.4 is 0 Å². The first-order chi connectivity index (χ1) is 11.6. The monoisotopic (exact) mass is 354 g/mol. The van der Waals surface area contributed by atoms with Crippen LogP contribution in [-0.4, -0.2) is 4.58 Å². The number of thioether (sulfide) groups is 2. The second-order valence-corrected chi connectivity index (χ2v) is 8.79. The maximum atomic E-state index is 2.42. The molecule has 0 spiro atoms. The summed E-state index contributed by atoms with van der Waals surface area (Å²) < 4.78 is 0.390. The van der Waals surface area contributed by atoms with E-state index in [1.54, 1.807) is 0 Å². The Hall–Kier alpha value is -1.38. The zero-order chi connectivity index (χ0) is 17.2. The van der Waals surface area contributed by atoms with Crippen molar-refractivity contribution in [1.82, 2.24) is 0 Å². The molecule has 0 atom stereocenters. The Labute approximate surface area is 155 Å². The lowest BCUT2D eigenvalue weighted by atomic mass is 10.1. The van der Waals surface area contributed by atoms with Crippen molar-refractivity contribution >= 4 is 23.5 Å². The summed E-state index contributed by atoms with van der Waals surface area (Å²) in [5, 5.41) is 0. The van der Waals surface area contributed by atoms with E-state index in [-0.39, 0.29) is 0 Å². The van der Waals surface area contributed by atoms with Gasteiger partial charge in [-0.25, -0.2) is 0 Å². The number of hydrogen-bond donors (Lipinski definition) is 0. The third-order valence-electron chi connectivity index (χ3n) is 3.50. The molecule has 2 aromatic carbocycles. The van der Waals surface area contributed by atoms with Gasteiger partial charge in [-0.3, -0.25) is 0 Å². The van der Waals surface area contributed by atoms with E-state index in [2.05, 4.69) is 93.6 Å². The fraction of sp³-hybridized carbons (Fsp3) is 0.273. The first-order valence-electron chi connectivity index (χ1n) is 8.37. The lowest BCUT2D eigenvalue weighted by Crippen LogP contribution is -1.94. The van der Waals surface area contributed by atoms with Gasteiger partial charge >= 0.3 is 0 Å². The molecule has 0 N–H and O–H groups in total. The molecule has 2 rings (SSSR count). The van der Waals surface area contributed by atoms with Gasteiger partial charge in [-0.15, -0.1) is 23.5 Å². The van der Waals surface area contributed by atoms with Crippen LogP contribution in [0.15, 0.2) is 93.8 Å². The number of rotatable bonds is 8. The maximum Gasteiger partial charge on any atom is 0.0779 e. The Bertz CT molecular complexity index is 611. The van der Waals surface area contributed by atoms with Crippen molar-refractivity contribution in [3.05, 3.63) is 84.0 Å². The van der Waals surface area contributed by atoms with Crippen molar-refractivity contribution in [2.45, 2.75) is 48.0 Å². The molecule has 2 aromatic rings. The molecule has 0 bridgehead atoms. The molecule has 126 valence electrons. The predicted octanol–water partition coefficient (Wildman–Crippen LogP) is 7.59. The van der Waals surface area contributed by atoms with Crippen LogP contribution in [0.2, 0.25) is 0 Å². The van der Waals surface area contributed by atoms with Gasteiger partial charge in [-0.2, -0.15) is 0 Å². The van der Waals surface area contributed by atoms with Gasteiger partial charge in [0, 0.05) is 9.79 Å². The normalized spacial score (nSPS) is 11.6. The summed E-state index contributed by atoms with van der Waals surface area (Å²) in [6.07, 6.45) is 7.00. The molecule has 0 heterocycles. The molecule has 24 heavy (non-hydrogen) atoms. The standard InChI is InChI=1S/C22H26S2/c1-18(2)11-10-12-19(3)17-22(23-20-13-6-4-7-14-20)24-21-15-8-5-9-16-21/h4-9,11,13-17,22H,10,12H2,1-3H3/b19-17-. The van der Waals surface area contributed by atoms with Gasteiger partial charge in [-0.1, -0.05) is 59.7 Å². The second-order valence-electron chi connectivity index (χ2n) is 6.06. The van der Waals surface area contributed by atoms with E-state index in [1.165, 1.54) is 20.9 Å². The molecule has 0 nitrogen and oxygen atoms in total. The lowest BCUT2D eigenvalue weighted by Gasteiger charge is -2.14. The summed E-state index contributed by atoms with van der Waals surface area (Å²) in [6.45, 7) is 6.58. The van der Waals surface area contributed by atoms with Crippen molar-refractivity contribution in [3.63, 3.8) is 0 Å². The topological polar surface area (TPSA) is 0 Å². The molecule has 0 unspecified atom stereocenters. The fourth-order valence-electron chi connectivity index (χ4n) is 2.26. The van der Waals surface area contributed by atoms with Crippen molar-refractivity contribution in [1.29, 1.82) is 0 Å². The molecule has 0 saturated carbocycles. The van der Waals surface area contributed by atoms with Crippen LogP contribution in [0.1, 0.15) is 33.6 Å². The Balaban J connectivity index is 2.08. The van der Waals surface area contributed by atoms with Gasteiger partial charge in [0.2, 0.25) is 0 Å². The van der Waals surface area contributed by atoms with E-state index >= 15 is 0 Å². The number of benzene rings is 2. The van der Waals surface area contributed by atoms with Gasteiger partial charge in [0.1, 0.15) is 0 Å². The minimum absolute atomic E-state index is 0.390. The van der Waals surface area contributed by atoms with E-state index in [0.717, 1.165) is 12.8 Å². The van der Waals surface area contributed by atoms with Crippen LogP contribution in [0.5, 0.6) is 0 Å². The van der Waals surface area contributed by atoms with Crippen LogP contribution in [0, 0.1) is 0 Å². The molecule has 0 radical (unpaired) electrons. The second kappa shape index (κ2) is 10.5. The Morgan fingerprint density at radius 1 is 0.833 bits per heavy atom. The average molecular weight is 355 g/mol. The summed E-state index contributed by atoms with van der Waals surface area (Å²) in [4.78, 5) is 2.64. The highest BCUT2D eigenvalue weighted by Crippen LogP contribution is 2.37. The summed E-state index contributed by atoms with van der Waals surface area (Å²) in [5.74, 6) is 0. The summed E-state index contributed by atoms with van der Waals surface area (Å²) >= 11 is 3.85. The van der Waals surface area contributed by atoms with E-state index in [9.17, 15) is 0 Å². The Morgan fingerprint density at radius 2 is 1.33 bits per heavy atom. The van der Waals surface area contributed by atoms with E-state index in [1.807, 2.05) is 23.5 Å². The quantitative estimate of drug-likeness (QED) is 0.272. The highest BCUT2D eigenvalue weighted by atomic mass is 32.2. The molecule has 2 heteroatoms. The van der Waals surface area contributed by atoms with Gasteiger partial charge in [-0.05, 0) is 57.9 Å². The predicted molar refractivity (Wildman–Crippen MR) is 111 cm³/mol. The summed E-state index contributed by atoms with van der Waals surface area (Å²) in [5.41, 5.74) is 2.86. The van der Waals surface area contributed by atoms with Crippen LogP contribution in [0.3, 0.4) is 0 Å². The van der Waals surface area contributed by atoms with Crippen molar-refractivity contribution in [3.8, 4) is 0 Å². The number of allylic oxidation sites excluding steroid dienone is 3. The SMILES string of the molecule is CC(C)=CCC/C(C)=C\C(Sc1ccccc1)Sc1ccccc1. The molecule has 0 aliphatic heterocycles. The largest absolute Gasteiger partial charge is 0.107 e. The van der Waals surface area contributed by atoms with E-state index in [0.29, 0.717) is 4.58 Å². The lowest BCUT2D eigenvalue weighted by molar-refractivity contribution is 0.962. The zero-order valence-corrected chi connectivity index (χ0v) is 16.4. The van der Waals surface area contributed by atoms with E-state index in [4.69, 9.17) is 0 Å². The third kappa shape index (κ3) is 7.46. The molecule has 0 amide bonds. The van der Waals surface area contributed by atoms with Crippen LogP contribution in [-0.2, 0) is 0 Å². The van der Waals surface area contributed by atoms with Gasteiger partial charge in [0.25, 0.3) is 0 Å². The van der Waals surface area contributed by atoms with E-state index < -0.39 is 0 Å². The highest BCUT2D eigenvalue weighted by Gasteiger charge is 2.10. The van der Waals surface area contributed by atoms with Gasteiger partial charge in [0.05, 0.1) is 4.58 Å². The zero-order valence-electron chi connectivity index (χ0n) is 14.7. The molecule has 0 aromatic heterocycles. The maximum absolute atomic E-state index is 2.42. The molecule has 0 aliphatic carbocycles. The molecule has 0 fully saturated rings. The fourth-order valence-corrected chi connectivity index (χ4v) is 4.89. The molecular formula is C22H26S2. The third-order valence-corrected chi connectivity index (χ3v) is 5.91. The highest BCUT2D eigenvalue weighted by molar-refractivity contribution is 8.17. The van der Waals surface area contributed by atoms with Gasteiger partial charge in [0.15, 0.2) is 0 Å². The smallest absolute Gasteiger partial charge is 0.0779 e. The Morgan fingerprint density at radius 3 is 1.79 bits per heavy atom. The van der Waals surface area contributed by atoms with Crippen molar-refractivity contribution in [2.75, 3.05) is 0 Å². The van der Waals surface area contributed by atoms with Gasteiger partial charge < -0.3 is 0 Å². The summed E-state index contributed by atoms with van der Waals surface area (Å²) in [6, 6.07) is 21.3. The van der Waals surface area contributed by atoms with Crippen LogP contribution in [0.25, 0.3) is 0 Å². The van der Waals surface area contributed by atoms with Crippen LogP contribution >= 0.6 is 23.5 Å². The number of hydrogen-bond acceptors (Lipinski definition) is 2. The first kappa shape index (κ1) is 19.0. The molecule has 0 saturated heterocycles. The average Bonchev–Trinajstić information content (AvgIpc) is 2.56. The van der Waals surface area contributed by atoms with Crippen molar-refractivity contribution < 1.29 is 0 Å². The minimum atomic E-state index is 0.390. The minimum Gasteiger partial charge on any atom is -0.107 e. The molecule has 0 aliphatic rings. The van der Waals surface area contributed by atoms with Crippen LogP contribution in [0.4, 0.5) is 0 Å². The Kier molecular flexibility index (Phi) is 8.27.